The lowest BCUT2D eigenvalue weighted by Gasteiger charge is -2.27. The van der Waals surface area contributed by atoms with E-state index in [9.17, 15) is 0 Å². The van der Waals surface area contributed by atoms with Gasteiger partial charge in [-0.2, -0.15) is 0 Å². The van der Waals surface area contributed by atoms with Crippen LogP contribution >= 0.6 is 0 Å². The molecule has 1 heteroatoms. The number of allylic oxidation sites excluding steroid dienone is 1. The van der Waals surface area contributed by atoms with Crippen molar-refractivity contribution in [1.82, 2.24) is 0 Å². The van der Waals surface area contributed by atoms with Crippen LogP contribution in [0, 0.1) is 0 Å². The fraction of sp³-hybridized carbons (Fsp3) is 0.385. The first-order valence-electron chi connectivity index (χ1n) is 5.38. The summed E-state index contributed by atoms with van der Waals surface area (Å²) in [6.45, 7) is 2.04. The summed E-state index contributed by atoms with van der Waals surface area (Å²) >= 11 is 0. The first kappa shape index (κ1) is 9.32. The number of hydrogen-bond donors (Lipinski definition) is 1. The van der Waals surface area contributed by atoms with E-state index in [0.29, 0.717) is 0 Å². The van der Waals surface area contributed by atoms with E-state index in [4.69, 9.17) is 0 Å². The van der Waals surface area contributed by atoms with Crippen LogP contribution in [0.15, 0.2) is 30.3 Å². The molecular formula is C13H17N. The summed E-state index contributed by atoms with van der Waals surface area (Å²) in [6, 6.07) is 9.35. The third kappa shape index (κ3) is 2.16. The summed E-state index contributed by atoms with van der Waals surface area (Å²) in [7, 11) is 0. The van der Waals surface area contributed by atoms with E-state index in [0.717, 1.165) is 6.04 Å². The Labute approximate surface area is 85.8 Å². The van der Waals surface area contributed by atoms with Gasteiger partial charge < -0.3 is 5.32 Å². The molecule has 0 radical (unpaired) electrons. The van der Waals surface area contributed by atoms with Crippen LogP contribution in [0.2, 0.25) is 0 Å². The van der Waals surface area contributed by atoms with Crippen molar-refractivity contribution >= 4 is 11.8 Å². The molecule has 0 saturated heterocycles. The van der Waals surface area contributed by atoms with Gasteiger partial charge in [0, 0.05) is 11.7 Å². The highest BCUT2D eigenvalue weighted by molar-refractivity contribution is 5.55. The van der Waals surface area contributed by atoms with Gasteiger partial charge in [-0.3, -0.25) is 0 Å². The van der Waals surface area contributed by atoms with Crippen molar-refractivity contribution < 1.29 is 0 Å². The summed E-state index contributed by atoms with van der Waals surface area (Å²) < 4.78 is 0. The Balaban J connectivity index is 1.98. The van der Waals surface area contributed by atoms with Gasteiger partial charge in [-0.25, -0.2) is 0 Å². The predicted molar refractivity (Wildman–Crippen MR) is 62.4 cm³/mol. The molecule has 1 saturated carbocycles. The van der Waals surface area contributed by atoms with Crippen LogP contribution in [0.25, 0.3) is 6.08 Å². The highest BCUT2D eigenvalue weighted by atomic mass is 14.9. The average Bonchev–Trinajstić information content (AvgIpc) is 2.14. The van der Waals surface area contributed by atoms with Gasteiger partial charge in [0.1, 0.15) is 0 Å². The lowest BCUT2D eigenvalue weighted by Crippen LogP contribution is -2.26. The van der Waals surface area contributed by atoms with Gasteiger partial charge in [0.2, 0.25) is 0 Å². The maximum Gasteiger partial charge on any atom is 0.0342 e. The van der Waals surface area contributed by atoms with Crippen LogP contribution in [0.4, 0.5) is 5.69 Å². The molecule has 1 aromatic carbocycles. The highest BCUT2D eigenvalue weighted by Gasteiger charge is 2.16. The highest BCUT2D eigenvalue weighted by Crippen LogP contribution is 2.23. The van der Waals surface area contributed by atoms with E-state index in [-0.39, 0.29) is 0 Å². The van der Waals surface area contributed by atoms with Crippen molar-refractivity contribution in [2.75, 3.05) is 5.32 Å². The third-order valence-corrected chi connectivity index (χ3v) is 2.75. The molecule has 0 heterocycles. The number of anilines is 1. The molecule has 0 atom stereocenters. The molecule has 1 fully saturated rings. The minimum atomic E-state index is 0.725. The van der Waals surface area contributed by atoms with Gasteiger partial charge in [0.25, 0.3) is 0 Å². The summed E-state index contributed by atoms with van der Waals surface area (Å²) in [5.41, 5.74) is 2.52. The van der Waals surface area contributed by atoms with Crippen molar-refractivity contribution in [1.29, 1.82) is 0 Å². The summed E-state index contributed by atoms with van der Waals surface area (Å²) in [6.07, 6.45) is 8.23. The van der Waals surface area contributed by atoms with E-state index in [2.05, 4.69) is 41.7 Å². The Morgan fingerprint density at radius 1 is 1.21 bits per heavy atom. The SMILES string of the molecule is C/C=C/c1ccc(NC2CCC2)cc1. The molecule has 0 bridgehead atoms. The molecule has 1 aliphatic rings. The second kappa shape index (κ2) is 4.32. The molecule has 1 nitrogen and oxygen atoms in total. The minimum absolute atomic E-state index is 0.725. The van der Waals surface area contributed by atoms with Crippen LogP contribution in [-0.4, -0.2) is 6.04 Å². The molecule has 1 N–H and O–H groups in total. The summed E-state index contributed by atoms with van der Waals surface area (Å²) in [5.74, 6) is 0. The van der Waals surface area contributed by atoms with Gasteiger partial charge >= 0.3 is 0 Å². The Hall–Kier alpha value is -1.24. The Kier molecular flexibility index (Phi) is 2.87. The van der Waals surface area contributed by atoms with E-state index < -0.39 is 0 Å². The number of benzene rings is 1. The topological polar surface area (TPSA) is 12.0 Å². The Morgan fingerprint density at radius 3 is 2.43 bits per heavy atom. The fourth-order valence-corrected chi connectivity index (χ4v) is 1.67. The maximum absolute atomic E-state index is 3.52. The van der Waals surface area contributed by atoms with Crippen molar-refractivity contribution in [3.63, 3.8) is 0 Å². The quantitative estimate of drug-likeness (QED) is 0.761. The lowest BCUT2D eigenvalue weighted by atomic mass is 9.93. The third-order valence-electron chi connectivity index (χ3n) is 2.75. The molecular weight excluding hydrogens is 170 g/mol. The zero-order valence-corrected chi connectivity index (χ0v) is 8.66. The molecule has 0 aliphatic heterocycles. The van der Waals surface area contributed by atoms with Crippen molar-refractivity contribution in [3.8, 4) is 0 Å². The first-order chi connectivity index (χ1) is 6.88. The van der Waals surface area contributed by atoms with Gasteiger partial charge in [0.05, 0.1) is 0 Å². The minimum Gasteiger partial charge on any atom is -0.382 e. The fourth-order valence-electron chi connectivity index (χ4n) is 1.67. The van der Waals surface area contributed by atoms with Crippen molar-refractivity contribution in [2.24, 2.45) is 0 Å². The number of hydrogen-bond acceptors (Lipinski definition) is 1. The monoisotopic (exact) mass is 187 g/mol. The Morgan fingerprint density at radius 2 is 1.93 bits per heavy atom. The van der Waals surface area contributed by atoms with Crippen LogP contribution in [-0.2, 0) is 0 Å². The average molecular weight is 187 g/mol. The molecule has 0 amide bonds. The van der Waals surface area contributed by atoms with Crippen LogP contribution in [0.5, 0.6) is 0 Å². The van der Waals surface area contributed by atoms with Crippen LogP contribution in [0.3, 0.4) is 0 Å². The number of nitrogens with one attached hydrogen (secondary N) is 1. The van der Waals surface area contributed by atoms with Crippen molar-refractivity contribution in [3.05, 3.63) is 35.9 Å². The largest absolute Gasteiger partial charge is 0.382 e. The first-order valence-corrected chi connectivity index (χ1v) is 5.38. The molecule has 1 aliphatic carbocycles. The van der Waals surface area contributed by atoms with E-state index >= 15 is 0 Å². The normalized spacial score (nSPS) is 16.9. The number of rotatable bonds is 3. The van der Waals surface area contributed by atoms with Gasteiger partial charge in [-0.1, -0.05) is 24.3 Å². The summed E-state index contributed by atoms with van der Waals surface area (Å²) in [4.78, 5) is 0. The van der Waals surface area contributed by atoms with E-state index in [1.54, 1.807) is 0 Å². The maximum atomic E-state index is 3.52. The van der Waals surface area contributed by atoms with Crippen molar-refractivity contribution in [2.45, 2.75) is 32.2 Å². The molecule has 14 heavy (non-hydrogen) atoms. The second-order valence-corrected chi connectivity index (χ2v) is 3.89. The van der Waals surface area contributed by atoms with Gasteiger partial charge in [-0.15, -0.1) is 0 Å². The van der Waals surface area contributed by atoms with Gasteiger partial charge in [0.15, 0.2) is 0 Å². The molecule has 0 aromatic heterocycles. The van der Waals surface area contributed by atoms with E-state index in [1.165, 1.54) is 30.5 Å². The summed E-state index contributed by atoms with van der Waals surface area (Å²) in [5, 5.41) is 3.52. The van der Waals surface area contributed by atoms with Gasteiger partial charge in [-0.05, 0) is 43.9 Å². The lowest BCUT2D eigenvalue weighted by molar-refractivity contribution is 0.445. The predicted octanol–water partition coefficient (Wildman–Crippen LogP) is 3.68. The molecule has 0 unspecified atom stereocenters. The van der Waals surface area contributed by atoms with E-state index in [1.807, 2.05) is 6.92 Å². The molecule has 0 spiro atoms. The standard InChI is InChI=1S/C13H17N/c1-2-4-11-7-9-13(10-8-11)14-12-5-3-6-12/h2,4,7-10,12,14H,3,5-6H2,1H3/b4-2+. The van der Waals surface area contributed by atoms with Crippen LogP contribution < -0.4 is 5.32 Å². The zero-order valence-electron chi connectivity index (χ0n) is 8.66. The zero-order chi connectivity index (χ0) is 9.80. The van der Waals surface area contributed by atoms with Crippen LogP contribution in [0.1, 0.15) is 31.7 Å². The molecule has 74 valence electrons. The molecule has 1 aromatic rings. The second-order valence-electron chi connectivity index (χ2n) is 3.89. The smallest absolute Gasteiger partial charge is 0.0342 e. The Bertz CT molecular complexity index is 307. The molecule has 2 rings (SSSR count).